The molecule has 4 aromatic rings. The first kappa shape index (κ1) is 38.5. The van der Waals surface area contributed by atoms with E-state index >= 15 is 4.39 Å². The van der Waals surface area contributed by atoms with Crippen molar-refractivity contribution in [2.75, 3.05) is 7.11 Å². The van der Waals surface area contributed by atoms with Gasteiger partial charge < -0.3 is 14.2 Å². The van der Waals surface area contributed by atoms with Gasteiger partial charge in [-0.15, -0.1) is 6.58 Å². The summed E-state index contributed by atoms with van der Waals surface area (Å²) < 4.78 is 30.8. The Morgan fingerprint density at radius 3 is 1.70 bits per heavy atom. The number of hydrogen-bond acceptors (Lipinski definition) is 6. The van der Waals surface area contributed by atoms with E-state index in [0.717, 1.165) is 17.4 Å². The third kappa shape index (κ3) is 11.8. The molecular weight excluding hydrogens is 583 g/mol. The van der Waals surface area contributed by atoms with E-state index in [9.17, 15) is 14.4 Å². The predicted octanol–water partition coefficient (Wildman–Crippen LogP) is 9.83. The molecule has 46 heavy (non-hydrogen) atoms. The number of allylic oxidation sites excluding steroid dienone is 2. The Hall–Kier alpha value is -5.56. The first-order valence-corrected chi connectivity index (χ1v) is 14.4. The molecule has 0 spiro atoms. The lowest BCUT2D eigenvalue weighted by Gasteiger charge is -2.14. The summed E-state index contributed by atoms with van der Waals surface area (Å²) >= 11 is 0. The minimum atomic E-state index is -0.585. The molecule has 0 saturated heterocycles. The first-order valence-electron chi connectivity index (χ1n) is 14.4. The van der Waals surface area contributed by atoms with Gasteiger partial charge in [0.15, 0.2) is 0 Å². The second-order valence-electron chi connectivity index (χ2n) is 9.41. The van der Waals surface area contributed by atoms with E-state index < -0.39 is 11.8 Å². The number of methoxy groups -OCH3 is 1. The van der Waals surface area contributed by atoms with Gasteiger partial charge in [-0.25, -0.2) is 9.18 Å². The van der Waals surface area contributed by atoms with Crippen LogP contribution in [0.3, 0.4) is 0 Å². The van der Waals surface area contributed by atoms with E-state index in [1.165, 1.54) is 6.07 Å². The summed E-state index contributed by atoms with van der Waals surface area (Å²) in [5, 5.41) is 0. The molecule has 0 N–H and O–H groups in total. The zero-order chi connectivity index (χ0) is 34.6. The smallest absolute Gasteiger partial charge is 0.338 e. The van der Waals surface area contributed by atoms with Crippen LogP contribution in [-0.2, 0) is 14.4 Å². The Kier molecular flexibility index (Phi) is 17.1. The van der Waals surface area contributed by atoms with Crippen LogP contribution in [0.1, 0.15) is 34.6 Å². The monoisotopic (exact) mass is 624 g/mol. The zero-order valence-corrected chi connectivity index (χ0v) is 27.3. The van der Waals surface area contributed by atoms with E-state index in [4.69, 9.17) is 14.2 Å². The maximum absolute atomic E-state index is 15.2. The molecule has 0 heterocycles. The van der Waals surface area contributed by atoms with E-state index in [0.29, 0.717) is 45.8 Å². The summed E-state index contributed by atoms with van der Waals surface area (Å²) in [5.41, 5.74) is 4.64. The van der Waals surface area contributed by atoms with Crippen LogP contribution in [0, 0.1) is 5.82 Å². The fourth-order valence-corrected chi connectivity index (χ4v) is 3.68. The van der Waals surface area contributed by atoms with Crippen molar-refractivity contribution in [1.82, 2.24) is 0 Å². The molecule has 0 atom stereocenters. The van der Waals surface area contributed by atoms with Gasteiger partial charge in [0, 0.05) is 16.7 Å². The molecule has 7 heteroatoms. The molecule has 0 radical (unpaired) electrons. The van der Waals surface area contributed by atoms with Gasteiger partial charge in [-0.2, -0.15) is 0 Å². The van der Waals surface area contributed by atoms with Crippen LogP contribution in [0.4, 0.5) is 4.39 Å². The van der Waals surface area contributed by atoms with Crippen LogP contribution in [-0.4, -0.2) is 25.8 Å². The fourth-order valence-electron chi connectivity index (χ4n) is 3.68. The number of rotatable bonds is 9. The molecule has 0 amide bonds. The largest absolute Gasteiger partial charge is 0.497 e. The predicted molar refractivity (Wildman–Crippen MR) is 184 cm³/mol. The maximum Gasteiger partial charge on any atom is 0.338 e. The quantitative estimate of drug-likeness (QED) is 0.0606. The maximum atomic E-state index is 15.2. The third-order valence-electron chi connectivity index (χ3n) is 5.79. The highest BCUT2D eigenvalue weighted by molar-refractivity contribution is 5.91. The number of esters is 1. The van der Waals surface area contributed by atoms with Gasteiger partial charge in [0.05, 0.1) is 7.11 Å². The highest BCUT2D eigenvalue weighted by Gasteiger charge is 2.16. The highest BCUT2D eigenvalue weighted by Crippen LogP contribution is 2.37. The van der Waals surface area contributed by atoms with Crippen molar-refractivity contribution in [2.45, 2.75) is 34.6 Å². The van der Waals surface area contributed by atoms with Crippen molar-refractivity contribution in [3.63, 3.8) is 0 Å². The Morgan fingerprint density at radius 1 is 0.739 bits per heavy atom. The van der Waals surface area contributed by atoms with Crippen molar-refractivity contribution in [2.24, 2.45) is 0 Å². The summed E-state index contributed by atoms with van der Waals surface area (Å²) in [4.78, 5) is 32.3. The van der Waals surface area contributed by atoms with Gasteiger partial charge in [0.1, 0.15) is 29.4 Å². The van der Waals surface area contributed by atoms with Gasteiger partial charge in [-0.3, -0.25) is 9.59 Å². The minimum Gasteiger partial charge on any atom is -0.497 e. The molecule has 0 aromatic heterocycles. The van der Waals surface area contributed by atoms with Gasteiger partial charge in [0.25, 0.3) is 6.47 Å². The van der Waals surface area contributed by atoms with Crippen LogP contribution in [0.25, 0.3) is 33.4 Å². The minimum absolute atomic E-state index is 0.239. The van der Waals surface area contributed by atoms with Crippen LogP contribution in [0.2, 0.25) is 0 Å². The average molecular weight is 625 g/mol. The normalized spacial score (nSPS) is 9.28. The van der Waals surface area contributed by atoms with Crippen LogP contribution in [0.5, 0.6) is 17.2 Å². The summed E-state index contributed by atoms with van der Waals surface area (Å²) in [5.74, 6) is 0.367. The summed E-state index contributed by atoms with van der Waals surface area (Å²) in [6.45, 7) is 19.8. The van der Waals surface area contributed by atoms with E-state index in [-0.39, 0.29) is 11.3 Å². The number of hydrogen-bond donors (Lipinski definition) is 0. The second kappa shape index (κ2) is 20.4. The Balaban J connectivity index is 0.000000935. The van der Waals surface area contributed by atoms with E-state index in [1.54, 1.807) is 99.8 Å². The first-order chi connectivity index (χ1) is 22.1. The molecule has 0 unspecified atom stereocenters. The van der Waals surface area contributed by atoms with Crippen molar-refractivity contribution < 1.29 is 33.0 Å². The average Bonchev–Trinajstić information content (AvgIpc) is 3.07. The summed E-state index contributed by atoms with van der Waals surface area (Å²) in [7, 11) is 1.57. The number of aldehydes is 1. The number of ether oxygens (including phenoxy) is 3. The molecule has 4 aromatic carbocycles. The molecule has 0 aliphatic heterocycles. The standard InChI is InChI=1S/C30H23FO5.C4H6O.C3H6.C2H6/c1-19(2)30(33)36-29-17-22(20-4-12-25(13-5-20)35-18-32)8-15-27(29)23-9-14-26(28(31)16-23)21-6-10-24(34-3)11-7-21;1-4(2)3-5;1-3-2;1-2/h4-18H,1H2,2-3H3;3H,1H2,2H3;3H,1H2,2H3;1-2H3. The molecule has 0 saturated carbocycles. The van der Waals surface area contributed by atoms with Crippen LogP contribution >= 0.6 is 0 Å². The van der Waals surface area contributed by atoms with Crippen molar-refractivity contribution in [3.05, 3.63) is 128 Å². The molecule has 0 aliphatic carbocycles. The second-order valence-corrected chi connectivity index (χ2v) is 9.41. The van der Waals surface area contributed by atoms with Gasteiger partial charge >= 0.3 is 5.97 Å². The number of halogens is 1. The molecule has 240 valence electrons. The Labute approximate surface area is 271 Å². The lowest BCUT2D eigenvalue weighted by molar-refractivity contribution is -0.130. The van der Waals surface area contributed by atoms with Crippen LogP contribution in [0.15, 0.2) is 122 Å². The SMILES string of the molecule is C=C(C)C(=O)Oc1cc(-c2ccc(OC=O)cc2)ccc1-c1ccc(-c2ccc(OC)cc2)c(F)c1.C=C(C)C=O.C=CC.CC. The van der Waals surface area contributed by atoms with Crippen molar-refractivity contribution in [1.29, 1.82) is 0 Å². The molecular formula is C39H41FO6. The Morgan fingerprint density at radius 2 is 1.22 bits per heavy atom. The number of carbonyl (C=O) groups excluding carboxylic acids is 3. The summed E-state index contributed by atoms with van der Waals surface area (Å²) in [6, 6.07) is 24.2. The fraction of sp³-hybridized carbons (Fsp3) is 0.154. The highest BCUT2D eigenvalue weighted by atomic mass is 19.1. The zero-order valence-electron chi connectivity index (χ0n) is 27.3. The molecule has 0 bridgehead atoms. The molecule has 6 nitrogen and oxygen atoms in total. The lowest BCUT2D eigenvalue weighted by Crippen LogP contribution is -2.09. The third-order valence-corrected chi connectivity index (χ3v) is 5.79. The topological polar surface area (TPSA) is 78.9 Å². The van der Waals surface area contributed by atoms with E-state index in [2.05, 4.69) is 19.7 Å². The Bertz CT molecular complexity index is 1620. The lowest BCUT2D eigenvalue weighted by atomic mass is 9.96. The van der Waals surface area contributed by atoms with Crippen molar-refractivity contribution in [3.8, 4) is 50.6 Å². The van der Waals surface area contributed by atoms with Crippen LogP contribution < -0.4 is 14.2 Å². The van der Waals surface area contributed by atoms with E-state index in [1.807, 2.05) is 26.8 Å². The summed E-state index contributed by atoms with van der Waals surface area (Å²) in [6.07, 6.45) is 2.47. The van der Waals surface area contributed by atoms with Gasteiger partial charge in [-0.1, -0.05) is 81.6 Å². The number of benzene rings is 4. The number of carbonyl (C=O) groups is 3. The van der Waals surface area contributed by atoms with Gasteiger partial charge in [0.2, 0.25) is 0 Å². The molecule has 0 fully saturated rings. The molecule has 4 rings (SSSR count). The van der Waals surface area contributed by atoms with Crippen molar-refractivity contribution >= 4 is 18.7 Å². The van der Waals surface area contributed by atoms with Gasteiger partial charge in [-0.05, 0) is 85.0 Å². The molecule has 0 aliphatic rings.